The van der Waals surface area contributed by atoms with E-state index in [0.29, 0.717) is 11.5 Å². The Hall–Kier alpha value is -1.84. The third-order valence-electron chi connectivity index (χ3n) is 3.00. The molecule has 0 radical (unpaired) electrons. The zero-order chi connectivity index (χ0) is 17.3. The topological polar surface area (TPSA) is 93.9 Å². The second-order valence-corrected chi connectivity index (χ2v) is 9.14. The molecule has 0 aliphatic rings. The van der Waals surface area contributed by atoms with Crippen molar-refractivity contribution in [3.05, 3.63) is 42.2 Å². The normalized spacial score (nSPS) is 12.5. The van der Waals surface area contributed by atoms with Crippen LogP contribution in [0.4, 0.5) is 0 Å². The Morgan fingerprint density at radius 3 is 2.13 bits per heavy atom. The molecule has 0 atom stereocenters. The van der Waals surface area contributed by atoms with Gasteiger partial charge in [0.25, 0.3) is 10.0 Å². The number of hydrogen-bond donors (Lipinski definition) is 0. The molecule has 7 nitrogen and oxygen atoms in total. The van der Waals surface area contributed by atoms with E-state index in [4.69, 9.17) is 9.15 Å². The minimum absolute atomic E-state index is 0.0289. The highest BCUT2D eigenvalue weighted by Crippen LogP contribution is 2.20. The van der Waals surface area contributed by atoms with Gasteiger partial charge < -0.3 is 9.15 Å². The standard InChI is InChI=1S/C14H17NO6S2/c1-15(2)23(18,19)14-9-6-12(21-14)10-20-11-4-7-13(8-5-11)22(3,16)17/h4-9H,10H2,1-3H3. The zero-order valence-electron chi connectivity index (χ0n) is 12.9. The lowest BCUT2D eigenvalue weighted by Crippen LogP contribution is -2.21. The van der Waals surface area contributed by atoms with Crippen molar-refractivity contribution in [3.8, 4) is 5.75 Å². The third-order valence-corrected chi connectivity index (χ3v) is 5.82. The van der Waals surface area contributed by atoms with Crippen molar-refractivity contribution in [2.45, 2.75) is 16.6 Å². The second kappa shape index (κ2) is 6.34. The smallest absolute Gasteiger partial charge is 0.275 e. The van der Waals surface area contributed by atoms with Crippen LogP contribution in [-0.4, -0.2) is 41.5 Å². The number of benzene rings is 1. The predicted molar refractivity (Wildman–Crippen MR) is 83.5 cm³/mol. The van der Waals surface area contributed by atoms with Crippen LogP contribution in [0.1, 0.15) is 5.76 Å². The Balaban J connectivity index is 2.06. The van der Waals surface area contributed by atoms with Gasteiger partial charge in [0, 0.05) is 20.4 Å². The molecule has 2 aromatic rings. The molecule has 126 valence electrons. The molecule has 0 N–H and O–H groups in total. The van der Waals surface area contributed by atoms with Crippen molar-refractivity contribution < 1.29 is 26.0 Å². The molecule has 1 aromatic carbocycles. The average molecular weight is 359 g/mol. The van der Waals surface area contributed by atoms with Gasteiger partial charge in [0.15, 0.2) is 9.84 Å². The van der Waals surface area contributed by atoms with Gasteiger partial charge in [0.05, 0.1) is 4.90 Å². The van der Waals surface area contributed by atoms with Crippen molar-refractivity contribution >= 4 is 19.9 Å². The van der Waals surface area contributed by atoms with Gasteiger partial charge in [-0.15, -0.1) is 0 Å². The summed E-state index contributed by atoms with van der Waals surface area (Å²) in [6, 6.07) is 8.80. The highest BCUT2D eigenvalue weighted by molar-refractivity contribution is 7.90. The minimum atomic E-state index is -3.62. The van der Waals surface area contributed by atoms with Gasteiger partial charge in [-0.2, -0.15) is 0 Å². The predicted octanol–water partition coefficient (Wildman–Crippen LogP) is 1.51. The summed E-state index contributed by atoms with van der Waals surface area (Å²) in [5.41, 5.74) is 0. The first-order valence-electron chi connectivity index (χ1n) is 6.55. The fourth-order valence-electron chi connectivity index (χ4n) is 1.69. The summed E-state index contributed by atoms with van der Waals surface area (Å²) in [6.45, 7) is 0.0289. The molecular formula is C14H17NO6S2. The first-order chi connectivity index (χ1) is 10.6. The van der Waals surface area contributed by atoms with Crippen molar-refractivity contribution in [1.29, 1.82) is 0 Å². The number of nitrogens with zero attached hydrogens (tertiary/aromatic N) is 1. The molecule has 2 rings (SSSR count). The van der Waals surface area contributed by atoms with E-state index in [0.717, 1.165) is 10.6 Å². The van der Waals surface area contributed by atoms with Crippen LogP contribution in [0.2, 0.25) is 0 Å². The first-order valence-corrected chi connectivity index (χ1v) is 9.88. The van der Waals surface area contributed by atoms with Gasteiger partial charge in [-0.05, 0) is 36.4 Å². The molecule has 0 aliphatic heterocycles. The second-order valence-electron chi connectivity index (χ2n) is 5.04. The van der Waals surface area contributed by atoms with Crippen LogP contribution < -0.4 is 4.74 Å². The van der Waals surface area contributed by atoms with Crippen LogP contribution in [0.15, 0.2) is 50.8 Å². The van der Waals surface area contributed by atoms with Crippen LogP contribution in [-0.2, 0) is 26.5 Å². The summed E-state index contributed by atoms with van der Waals surface area (Å²) in [6.07, 6.45) is 1.12. The van der Waals surface area contributed by atoms with Crippen LogP contribution in [0.3, 0.4) is 0 Å². The number of furan rings is 1. The third kappa shape index (κ3) is 4.12. The summed E-state index contributed by atoms with van der Waals surface area (Å²) in [5.74, 6) is 0.795. The Morgan fingerprint density at radius 1 is 1.00 bits per heavy atom. The van der Waals surface area contributed by atoms with E-state index in [1.807, 2.05) is 0 Å². The molecule has 0 aliphatic carbocycles. The SMILES string of the molecule is CN(C)S(=O)(=O)c1ccc(COc2ccc(S(C)(=O)=O)cc2)o1. The Kier molecular flexibility index (Phi) is 4.83. The summed E-state index contributed by atoms with van der Waals surface area (Å²) < 4.78 is 58.3. The lowest BCUT2D eigenvalue weighted by atomic mass is 10.3. The fraction of sp³-hybridized carbons (Fsp3) is 0.286. The lowest BCUT2D eigenvalue weighted by Gasteiger charge is -2.08. The van der Waals surface area contributed by atoms with Gasteiger partial charge >= 0.3 is 0 Å². The molecule has 0 bridgehead atoms. The van der Waals surface area contributed by atoms with E-state index in [1.165, 1.54) is 50.5 Å². The average Bonchev–Trinajstić information content (AvgIpc) is 2.94. The molecule has 23 heavy (non-hydrogen) atoms. The highest BCUT2D eigenvalue weighted by Gasteiger charge is 2.21. The minimum Gasteiger partial charge on any atom is -0.486 e. The van der Waals surface area contributed by atoms with Crippen molar-refractivity contribution in [1.82, 2.24) is 4.31 Å². The number of rotatable bonds is 6. The van der Waals surface area contributed by atoms with Crippen molar-refractivity contribution in [2.75, 3.05) is 20.4 Å². The quantitative estimate of drug-likeness (QED) is 0.776. The zero-order valence-corrected chi connectivity index (χ0v) is 14.5. The summed E-state index contributed by atoms with van der Waals surface area (Å²) in [5, 5.41) is -0.159. The number of sulfone groups is 1. The molecular weight excluding hydrogens is 342 g/mol. The lowest BCUT2D eigenvalue weighted by molar-refractivity contribution is 0.256. The van der Waals surface area contributed by atoms with E-state index < -0.39 is 19.9 Å². The van der Waals surface area contributed by atoms with Crippen LogP contribution in [0.5, 0.6) is 5.75 Å². The number of hydrogen-bond acceptors (Lipinski definition) is 6. The largest absolute Gasteiger partial charge is 0.486 e. The van der Waals surface area contributed by atoms with Crippen LogP contribution >= 0.6 is 0 Å². The number of sulfonamides is 1. The van der Waals surface area contributed by atoms with E-state index in [2.05, 4.69) is 0 Å². The van der Waals surface area contributed by atoms with E-state index >= 15 is 0 Å². The summed E-state index contributed by atoms with van der Waals surface area (Å²) in [7, 11) is -4.04. The fourth-order valence-corrected chi connectivity index (χ4v) is 3.13. The Morgan fingerprint density at radius 2 is 1.61 bits per heavy atom. The van der Waals surface area contributed by atoms with E-state index in [-0.39, 0.29) is 16.6 Å². The van der Waals surface area contributed by atoms with Gasteiger partial charge in [-0.25, -0.2) is 21.1 Å². The molecule has 0 spiro atoms. The molecule has 1 aromatic heterocycles. The molecule has 9 heteroatoms. The highest BCUT2D eigenvalue weighted by atomic mass is 32.2. The van der Waals surface area contributed by atoms with E-state index in [1.54, 1.807) is 0 Å². The molecule has 0 unspecified atom stereocenters. The molecule has 0 saturated carbocycles. The van der Waals surface area contributed by atoms with Crippen LogP contribution in [0, 0.1) is 0 Å². The van der Waals surface area contributed by atoms with E-state index in [9.17, 15) is 16.8 Å². The van der Waals surface area contributed by atoms with Gasteiger partial charge in [0.1, 0.15) is 18.1 Å². The Bertz CT molecular complexity index is 880. The molecule has 0 amide bonds. The molecule has 1 heterocycles. The van der Waals surface area contributed by atoms with Crippen LogP contribution in [0.25, 0.3) is 0 Å². The Labute approximate surface area is 135 Å². The van der Waals surface area contributed by atoms with Crippen molar-refractivity contribution in [3.63, 3.8) is 0 Å². The van der Waals surface area contributed by atoms with Gasteiger partial charge in [0.2, 0.25) is 5.09 Å². The van der Waals surface area contributed by atoms with Crippen molar-refractivity contribution in [2.24, 2.45) is 0 Å². The molecule has 0 saturated heterocycles. The maximum Gasteiger partial charge on any atom is 0.275 e. The molecule has 0 fully saturated rings. The summed E-state index contributed by atoms with van der Waals surface area (Å²) in [4.78, 5) is 0.196. The first kappa shape index (κ1) is 17.5. The van der Waals surface area contributed by atoms with Gasteiger partial charge in [-0.1, -0.05) is 0 Å². The maximum atomic E-state index is 11.9. The number of ether oxygens (including phenoxy) is 1. The summed E-state index contributed by atoms with van der Waals surface area (Å²) >= 11 is 0. The monoisotopic (exact) mass is 359 g/mol. The van der Waals surface area contributed by atoms with Gasteiger partial charge in [-0.3, -0.25) is 0 Å². The maximum absolute atomic E-state index is 11.9.